The summed E-state index contributed by atoms with van der Waals surface area (Å²) in [5.74, 6) is -0.375. The van der Waals surface area contributed by atoms with Crippen LogP contribution >= 0.6 is 0 Å². The summed E-state index contributed by atoms with van der Waals surface area (Å²) in [7, 11) is -2.69. The van der Waals surface area contributed by atoms with Crippen LogP contribution in [0.2, 0.25) is 0 Å². The van der Waals surface area contributed by atoms with Gasteiger partial charge in [-0.15, -0.1) is 0 Å². The molecule has 10 heteroatoms. The summed E-state index contributed by atoms with van der Waals surface area (Å²) in [6.45, 7) is 0.296. The van der Waals surface area contributed by atoms with Crippen LogP contribution in [0.5, 0.6) is 0 Å². The third-order valence-corrected chi connectivity index (χ3v) is 4.98. The van der Waals surface area contributed by atoms with Gasteiger partial charge in [-0.3, -0.25) is 19.6 Å². The van der Waals surface area contributed by atoms with Gasteiger partial charge >= 0.3 is 5.97 Å². The van der Waals surface area contributed by atoms with Gasteiger partial charge in [0.25, 0.3) is 15.7 Å². The lowest BCUT2D eigenvalue weighted by atomic mass is 10.2. The number of nitrogens with zero attached hydrogens (tertiary/aromatic N) is 1. The standard InChI is InChI=1S/C17H19N3O6S/c1-26-17(21)8-5-11-18-15-10-9-14(12-16(15)20(22)23)27(24,25)19-13-6-3-2-4-7-13/h2-4,6-7,9-10,12,18-19H,5,8,11H2,1H3. The van der Waals surface area contributed by atoms with Crippen LogP contribution in [0.4, 0.5) is 17.1 Å². The molecule has 0 heterocycles. The Morgan fingerprint density at radius 3 is 2.52 bits per heavy atom. The molecule has 0 bridgehead atoms. The molecule has 0 aliphatic carbocycles. The first-order valence-corrected chi connectivity index (χ1v) is 9.49. The van der Waals surface area contributed by atoms with E-state index in [1.807, 2.05) is 0 Å². The van der Waals surface area contributed by atoms with E-state index in [0.717, 1.165) is 6.07 Å². The molecule has 0 aliphatic rings. The fraction of sp³-hybridized carbons (Fsp3) is 0.235. The zero-order valence-corrected chi connectivity index (χ0v) is 15.4. The van der Waals surface area contributed by atoms with Gasteiger partial charge in [-0.25, -0.2) is 8.42 Å². The molecule has 0 saturated heterocycles. The third-order valence-electron chi connectivity index (χ3n) is 3.60. The van der Waals surface area contributed by atoms with Gasteiger partial charge in [0.1, 0.15) is 5.69 Å². The highest BCUT2D eigenvalue weighted by Crippen LogP contribution is 2.28. The number of anilines is 2. The predicted molar refractivity (Wildman–Crippen MR) is 100 cm³/mol. The monoisotopic (exact) mass is 393 g/mol. The second-order valence-corrected chi connectivity index (χ2v) is 7.20. The van der Waals surface area contributed by atoms with Gasteiger partial charge in [0.15, 0.2) is 0 Å². The first-order chi connectivity index (χ1) is 12.8. The van der Waals surface area contributed by atoms with Crippen molar-refractivity contribution in [2.45, 2.75) is 17.7 Å². The Morgan fingerprint density at radius 1 is 1.19 bits per heavy atom. The number of carbonyl (C=O) groups excluding carboxylic acids is 1. The Balaban J connectivity index is 2.16. The molecule has 0 unspecified atom stereocenters. The van der Waals surface area contributed by atoms with Crippen molar-refractivity contribution >= 4 is 33.1 Å². The van der Waals surface area contributed by atoms with Crippen LogP contribution in [0.3, 0.4) is 0 Å². The minimum atomic E-state index is -3.97. The molecule has 0 amide bonds. The number of nitrogens with one attached hydrogen (secondary N) is 2. The van der Waals surface area contributed by atoms with Crippen LogP contribution < -0.4 is 10.0 Å². The number of hydrogen-bond acceptors (Lipinski definition) is 7. The lowest BCUT2D eigenvalue weighted by Gasteiger charge is -2.10. The van der Waals surface area contributed by atoms with Crippen molar-refractivity contribution in [2.24, 2.45) is 0 Å². The Labute approximate surface area is 156 Å². The summed E-state index contributed by atoms with van der Waals surface area (Å²) in [4.78, 5) is 21.5. The van der Waals surface area contributed by atoms with Crippen molar-refractivity contribution in [2.75, 3.05) is 23.7 Å². The molecule has 0 aromatic heterocycles. The highest BCUT2D eigenvalue weighted by molar-refractivity contribution is 7.92. The molecule has 0 atom stereocenters. The molecule has 0 aliphatic heterocycles. The molecular weight excluding hydrogens is 374 g/mol. The zero-order chi connectivity index (χ0) is 19.9. The molecule has 0 spiro atoms. The topological polar surface area (TPSA) is 128 Å². The fourth-order valence-corrected chi connectivity index (χ4v) is 3.34. The van der Waals surface area contributed by atoms with Crippen molar-refractivity contribution in [3.8, 4) is 0 Å². The van der Waals surface area contributed by atoms with Crippen molar-refractivity contribution in [1.82, 2.24) is 0 Å². The molecule has 2 aromatic carbocycles. The molecule has 2 aromatic rings. The van der Waals surface area contributed by atoms with Crippen molar-refractivity contribution in [3.05, 3.63) is 58.6 Å². The van der Waals surface area contributed by atoms with E-state index >= 15 is 0 Å². The van der Waals surface area contributed by atoms with Gasteiger partial charge in [-0.2, -0.15) is 0 Å². The lowest BCUT2D eigenvalue weighted by molar-refractivity contribution is -0.384. The Kier molecular flexibility index (Phi) is 6.72. The molecule has 27 heavy (non-hydrogen) atoms. The smallest absolute Gasteiger partial charge is 0.305 e. The van der Waals surface area contributed by atoms with E-state index in [-0.39, 0.29) is 28.7 Å². The normalized spacial score (nSPS) is 10.9. The Morgan fingerprint density at radius 2 is 1.89 bits per heavy atom. The van der Waals surface area contributed by atoms with E-state index in [4.69, 9.17) is 0 Å². The average molecular weight is 393 g/mol. The van der Waals surface area contributed by atoms with E-state index in [2.05, 4.69) is 14.8 Å². The van der Waals surface area contributed by atoms with Gasteiger partial charge < -0.3 is 10.1 Å². The largest absolute Gasteiger partial charge is 0.469 e. The average Bonchev–Trinajstić information content (AvgIpc) is 2.65. The Bertz CT molecular complexity index is 916. The van der Waals surface area contributed by atoms with Gasteiger partial charge in [-0.05, 0) is 30.7 Å². The number of esters is 1. The summed E-state index contributed by atoms with van der Waals surface area (Å²) in [6.07, 6.45) is 0.587. The number of nitro benzene ring substituents is 1. The van der Waals surface area contributed by atoms with Crippen LogP contribution in [0, 0.1) is 10.1 Å². The van der Waals surface area contributed by atoms with Gasteiger partial charge in [0.05, 0.1) is 16.9 Å². The zero-order valence-electron chi connectivity index (χ0n) is 14.5. The van der Waals surface area contributed by atoms with Crippen molar-refractivity contribution in [1.29, 1.82) is 0 Å². The highest BCUT2D eigenvalue weighted by atomic mass is 32.2. The second-order valence-electron chi connectivity index (χ2n) is 5.51. The molecule has 2 N–H and O–H groups in total. The van der Waals surface area contributed by atoms with E-state index in [1.165, 1.54) is 19.2 Å². The number of rotatable bonds is 9. The minimum Gasteiger partial charge on any atom is -0.469 e. The number of methoxy groups -OCH3 is 1. The molecule has 144 valence electrons. The predicted octanol–water partition coefficient (Wildman–Crippen LogP) is 2.76. The van der Waals surface area contributed by atoms with Crippen LogP contribution in [0.25, 0.3) is 0 Å². The van der Waals surface area contributed by atoms with Crippen molar-refractivity contribution in [3.63, 3.8) is 0 Å². The van der Waals surface area contributed by atoms with Crippen LogP contribution in [0.1, 0.15) is 12.8 Å². The number of nitro groups is 1. The molecule has 9 nitrogen and oxygen atoms in total. The molecule has 0 radical (unpaired) electrons. The van der Waals surface area contributed by atoms with E-state index in [9.17, 15) is 23.3 Å². The van der Waals surface area contributed by atoms with Crippen molar-refractivity contribution < 1.29 is 22.9 Å². The number of sulfonamides is 1. The first-order valence-electron chi connectivity index (χ1n) is 8.00. The van der Waals surface area contributed by atoms with Gasteiger partial charge in [0, 0.05) is 24.7 Å². The van der Waals surface area contributed by atoms with E-state index < -0.39 is 14.9 Å². The van der Waals surface area contributed by atoms with E-state index in [0.29, 0.717) is 18.7 Å². The quantitative estimate of drug-likeness (QED) is 0.290. The summed E-state index contributed by atoms with van der Waals surface area (Å²) in [5.41, 5.74) is 0.151. The molecule has 0 fully saturated rings. The lowest BCUT2D eigenvalue weighted by Crippen LogP contribution is -2.14. The fourth-order valence-electron chi connectivity index (χ4n) is 2.26. The minimum absolute atomic E-state index is 0.170. The highest BCUT2D eigenvalue weighted by Gasteiger charge is 2.21. The third kappa shape index (κ3) is 5.68. The summed E-state index contributed by atoms with van der Waals surface area (Å²) in [6, 6.07) is 11.8. The SMILES string of the molecule is COC(=O)CCCNc1ccc(S(=O)(=O)Nc2ccccc2)cc1[N+](=O)[O-]. The van der Waals surface area contributed by atoms with Gasteiger partial charge in [0.2, 0.25) is 0 Å². The Hall–Kier alpha value is -3.14. The number of para-hydroxylation sites is 1. The van der Waals surface area contributed by atoms with Crippen LogP contribution in [0.15, 0.2) is 53.4 Å². The number of carbonyl (C=O) groups is 1. The molecule has 2 rings (SSSR count). The maximum Gasteiger partial charge on any atom is 0.305 e. The van der Waals surface area contributed by atoms with E-state index in [1.54, 1.807) is 30.3 Å². The summed E-state index contributed by atoms with van der Waals surface area (Å²) >= 11 is 0. The van der Waals surface area contributed by atoms with Crippen LogP contribution in [-0.2, 0) is 19.6 Å². The first kappa shape index (κ1) is 20.2. The summed E-state index contributed by atoms with van der Waals surface area (Å²) in [5, 5.41) is 14.2. The number of hydrogen-bond donors (Lipinski definition) is 2. The molecule has 0 saturated carbocycles. The molecular formula is C17H19N3O6S. The number of benzene rings is 2. The number of ether oxygens (including phenoxy) is 1. The second kappa shape index (κ2) is 8.99. The maximum absolute atomic E-state index is 12.5. The van der Waals surface area contributed by atoms with Gasteiger partial charge in [-0.1, -0.05) is 18.2 Å². The summed E-state index contributed by atoms with van der Waals surface area (Å²) < 4.78 is 31.8. The van der Waals surface area contributed by atoms with Crippen LogP contribution in [-0.4, -0.2) is 33.0 Å². The maximum atomic E-state index is 12.5.